The van der Waals surface area contributed by atoms with Crippen LogP contribution in [0, 0.1) is 0 Å². The zero-order valence-electron chi connectivity index (χ0n) is 14.2. The zero-order valence-corrected chi connectivity index (χ0v) is 14.2. The fraction of sp³-hybridized carbons (Fsp3) is 0.263. The lowest BCUT2D eigenvalue weighted by molar-refractivity contribution is 0.986. The molecule has 3 aromatic heterocycles. The normalized spacial score (nSPS) is 11.9. The Hall–Kier alpha value is -2.62. The first kappa shape index (κ1) is 16.7. The van der Waals surface area contributed by atoms with Gasteiger partial charge in [0.15, 0.2) is 0 Å². The molecule has 23 heavy (non-hydrogen) atoms. The van der Waals surface area contributed by atoms with E-state index in [0.29, 0.717) is 0 Å². The standard InChI is InChI=1S/C17H18N4.C2H6/c1-3-4-12(7-9-18)15-6-5-13-14-11-19-10-8-16(14)21(2)17(13)20-15;1-2/h4-11H,3,18H2,1-2H3;1-2H3/b9-7-,12-4+;. The van der Waals surface area contributed by atoms with Crippen LogP contribution in [0.5, 0.6) is 0 Å². The molecule has 4 heteroatoms. The molecule has 0 fully saturated rings. The molecular weight excluding hydrogens is 284 g/mol. The molecule has 0 bridgehead atoms. The van der Waals surface area contributed by atoms with Gasteiger partial charge in [-0.1, -0.05) is 26.8 Å². The third-order valence-electron chi connectivity index (χ3n) is 3.64. The second kappa shape index (κ2) is 7.58. The van der Waals surface area contributed by atoms with Crippen LogP contribution in [0.3, 0.4) is 0 Å². The highest BCUT2D eigenvalue weighted by atomic mass is 15.0. The van der Waals surface area contributed by atoms with Crippen LogP contribution < -0.4 is 5.73 Å². The fourth-order valence-electron chi connectivity index (χ4n) is 2.66. The molecule has 0 saturated heterocycles. The molecule has 0 aromatic carbocycles. The molecule has 120 valence electrons. The fourth-order valence-corrected chi connectivity index (χ4v) is 2.66. The highest BCUT2D eigenvalue weighted by Gasteiger charge is 2.10. The van der Waals surface area contributed by atoms with E-state index in [0.717, 1.165) is 39.6 Å². The number of allylic oxidation sites excluding steroid dienone is 3. The van der Waals surface area contributed by atoms with Crippen molar-refractivity contribution in [1.29, 1.82) is 0 Å². The van der Waals surface area contributed by atoms with Crippen molar-refractivity contribution in [3.8, 4) is 0 Å². The van der Waals surface area contributed by atoms with Crippen molar-refractivity contribution in [3.63, 3.8) is 0 Å². The van der Waals surface area contributed by atoms with Gasteiger partial charge in [-0.3, -0.25) is 4.98 Å². The number of fused-ring (bicyclic) bond motifs is 3. The summed E-state index contributed by atoms with van der Waals surface area (Å²) in [4.78, 5) is 9.02. The first-order chi connectivity index (χ1) is 11.3. The van der Waals surface area contributed by atoms with Gasteiger partial charge in [0.05, 0.1) is 11.2 Å². The summed E-state index contributed by atoms with van der Waals surface area (Å²) in [6.07, 6.45) is 10.2. The van der Waals surface area contributed by atoms with Crippen molar-refractivity contribution in [3.05, 3.63) is 54.6 Å². The largest absolute Gasteiger partial charge is 0.405 e. The molecule has 3 heterocycles. The molecule has 3 rings (SSSR count). The van der Waals surface area contributed by atoms with E-state index in [1.807, 2.05) is 51.5 Å². The van der Waals surface area contributed by atoms with Gasteiger partial charge in [0, 0.05) is 30.2 Å². The van der Waals surface area contributed by atoms with Gasteiger partial charge in [0.1, 0.15) is 5.65 Å². The summed E-state index contributed by atoms with van der Waals surface area (Å²) in [7, 11) is 2.03. The van der Waals surface area contributed by atoms with Crippen LogP contribution in [0.15, 0.2) is 48.9 Å². The first-order valence-electron chi connectivity index (χ1n) is 8.04. The van der Waals surface area contributed by atoms with E-state index < -0.39 is 0 Å². The highest BCUT2D eigenvalue weighted by molar-refractivity contribution is 6.06. The van der Waals surface area contributed by atoms with Crippen LogP contribution in [0.4, 0.5) is 0 Å². The van der Waals surface area contributed by atoms with Crippen molar-refractivity contribution < 1.29 is 0 Å². The van der Waals surface area contributed by atoms with E-state index in [1.54, 1.807) is 6.20 Å². The van der Waals surface area contributed by atoms with Gasteiger partial charge in [-0.15, -0.1) is 0 Å². The lowest BCUT2D eigenvalue weighted by Gasteiger charge is -2.03. The summed E-state index contributed by atoms with van der Waals surface area (Å²) in [6.45, 7) is 6.10. The summed E-state index contributed by atoms with van der Waals surface area (Å²) in [6, 6.07) is 6.16. The Morgan fingerprint density at radius 2 is 2.00 bits per heavy atom. The van der Waals surface area contributed by atoms with Gasteiger partial charge >= 0.3 is 0 Å². The van der Waals surface area contributed by atoms with Crippen LogP contribution in [-0.4, -0.2) is 14.5 Å². The monoisotopic (exact) mass is 308 g/mol. The van der Waals surface area contributed by atoms with Gasteiger partial charge in [0.25, 0.3) is 0 Å². The van der Waals surface area contributed by atoms with Gasteiger partial charge in [-0.2, -0.15) is 0 Å². The number of nitrogens with zero attached hydrogens (tertiary/aromatic N) is 3. The maximum Gasteiger partial charge on any atom is 0.141 e. The zero-order chi connectivity index (χ0) is 16.8. The lowest BCUT2D eigenvalue weighted by Crippen LogP contribution is -1.94. The number of pyridine rings is 2. The number of nitrogens with two attached hydrogens (primary N) is 1. The summed E-state index contributed by atoms with van der Waals surface area (Å²) in [5, 5.41) is 2.25. The smallest absolute Gasteiger partial charge is 0.141 e. The molecule has 0 aliphatic carbocycles. The van der Waals surface area contributed by atoms with Crippen LogP contribution >= 0.6 is 0 Å². The van der Waals surface area contributed by atoms with Crippen LogP contribution in [0.25, 0.3) is 27.5 Å². The number of rotatable bonds is 3. The Bertz CT molecular complexity index is 856. The number of hydrogen-bond donors (Lipinski definition) is 1. The summed E-state index contributed by atoms with van der Waals surface area (Å²) in [5.41, 5.74) is 9.62. The van der Waals surface area contributed by atoms with Crippen LogP contribution in [-0.2, 0) is 7.05 Å². The van der Waals surface area contributed by atoms with Crippen molar-refractivity contribution in [2.45, 2.75) is 27.2 Å². The molecule has 0 aliphatic rings. The minimum atomic E-state index is 0.935. The molecule has 0 aliphatic heterocycles. The van der Waals surface area contributed by atoms with Crippen molar-refractivity contribution in [2.24, 2.45) is 12.8 Å². The van der Waals surface area contributed by atoms with E-state index in [2.05, 4.69) is 28.6 Å². The van der Waals surface area contributed by atoms with Crippen molar-refractivity contribution in [1.82, 2.24) is 14.5 Å². The van der Waals surface area contributed by atoms with Crippen molar-refractivity contribution in [2.75, 3.05) is 0 Å². The maximum atomic E-state index is 5.54. The SMILES string of the molecule is CC.CC/C=C(\C=C/N)c1ccc2c3cnccc3n(C)c2n1. The second-order valence-corrected chi connectivity index (χ2v) is 4.95. The van der Waals surface area contributed by atoms with E-state index in [4.69, 9.17) is 10.7 Å². The van der Waals surface area contributed by atoms with Gasteiger partial charge < -0.3 is 10.3 Å². The maximum absolute atomic E-state index is 5.54. The molecule has 0 unspecified atom stereocenters. The Morgan fingerprint density at radius 1 is 1.22 bits per heavy atom. The number of aromatic nitrogens is 3. The minimum Gasteiger partial charge on any atom is -0.405 e. The topological polar surface area (TPSA) is 56.7 Å². The molecule has 4 nitrogen and oxygen atoms in total. The highest BCUT2D eigenvalue weighted by Crippen LogP contribution is 2.27. The number of hydrogen-bond acceptors (Lipinski definition) is 3. The van der Waals surface area contributed by atoms with Crippen molar-refractivity contribution >= 4 is 27.5 Å². The Kier molecular flexibility index (Phi) is 5.52. The van der Waals surface area contributed by atoms with Crippen LogP contribution in [0.1, 0.15) is 32.9 Å². The van der Waals surface area contributed by atoms with Crippen LogP contribution in [0.2, 0.25) is 0 Å². The first-order valence-corrected chi connectivity index (χ1v) is 8.04. The molecule has 0 amide bonds. The average molecular weight is 308 g/mol. The molecule has 0 spiro atoms. The van der Waals surface area contributed by atoms with Gasteiger partial charge in [-0.05, 0) is 42.5 Å². The molecule has 2 N–H and O–H groups in total. The van der Waals surface area contributed by atoms with E-state index >= 15 is 0 Å². The third kappa shape index (κ3) is 3.11. The molecule has 0 radical (unpaired) electrons. The molecule has 0 saturated carbocycles. The van der Waals surface area contributed by atoms with E-state index in [9.17, 15) is 0 Å². The molecule has 0 atom stereocenters. The molecular formula is C19H24N4. The minimum absolute atomic E-state index is 0.935. The quantitative estimate of drug-likeness (QED) is 0.729. The average Bonchev–Trinajstić information content (AvgIpc) is 2.89. The summed E-state index contributed by atoms with van der Waals surface area (Å²) >= 11 is 0. The van der Waals surface area contributed by atoms with E-state index in [-0.39, 0.29) is 0 Å². The Morgan fingerprint density at radius 3 is 2.70 bits per heavy atom. The number of aryl methyl sites for hydroxylation is 1. The Labute approximate surface area is 137 Å². The predicted molar refractivity (Wildman–Crippen MR) is 99.0 cm³/mol. The summed E-state index contributed by atoms with van der Waals surface area (Å²) < 4.78 is 2.10. The van der Waals surface area contributed by atoms with E-state index in [1.165, 1.54) is 0 Å². The lowest BCUT2D eigenvalue weighted by atomic mass is 10.1. The predicted octanol–water partition coefficient (Wildman–Crippen LogP) is 4.41. The third-order valence-corrected chi connectivity index (χ3v) is 3.64. The summed E-state index contributed by atoms with van der Waals surface area (Å²) in [5.74, 6) is 0. The molecule has 3 aromatic rings. The van der Waals surface area contributed by atoms with Gasteiger partial charge in [-0.25, -0.2) is 4.98 Å². The Balaban J connectivity index is 0.000000924. The second-order valence-electron chi connectivity index (χ2n) is 4.95. The van der Waals surface area contributed by atoms with Gasteiger partial charge in [0.2, 0.25) is 0 Å².